The summed E-state index contributed by atoms with van der Waals surface area (Å²) in [5, 5.41) is 5.95. The zero-order valence-corrected chi connectivity index (χ0v) is 16.7. The van der Waals surface area contributed by atoms with Crippen molar-refractivity contribution >= 4 is 29.1 Å². The Kier molecular flexibility index (Phi) is 5.87. The van der Waals surface area contributed by atoms with E-state index in [4.69, 9.17) is 4.74 Å². The van der Waals surface area contributed by atoms with Crippen LogP contribution >= 0.6 is 0 Å². The van der Waals surface area contributed by atoms with Crippen molar-refractivity contribution < 1.29 is 14.3 Å². The number of benzene rings is 2. The Morgan fingerprint density at radius 3 is 2.31 bits per heavy atom. The van der Waals surface area contributed by atoms with E-state index in [-0.39, 0.29) is 11.6 Å². The SMILES string of the molecule is COC(=O)c1cccc(Nc2cnc(C(=O)Nc3c(C)cc(C)cc3C)cn2)c1. The van der Waals surface area contributed by atoms with Gasteiger partial charge in [0.05, 0.1) is 25.1 Å². The second-order valence-corrected chi connectivity index (χ2v) is 6.71. The Labute approximate surface area is 169 Å². The number of carbonyl (C=O) groups excluding carboxylic acids is 2. The van der Waals surface area contributed by atoms with E-state index in [1.807, 2.05) is 32.9 Å². The first-order chi connectivity index (χ1) is 13.9. The Balaban J connectivity index is 1.72. The van der Waals surface area contributed by atoms with Crippen molar-refractivity contribution in [2.24, 2.45) is 0 Å². The van der Waals surface area contributed by atoms with Crippen molar-refractivity contribution in [3.05, 3.63) is 76.7 Å². The van der Waals surface area contributed by atoms with Gasteiger partial charge >= 0.3 is 5.97 Å². The summed E-state index contributed by atoms with van der Waals surface area (Å²) in [5.41, 5.74) is 5.20. The van der Waals surface area contributed by atoms with Gasteiger partial charge in [-0.1, -0.05) is 23.8 Å². The summed E-state index contributed by atoms with van der Waals surface area (Å²) in [6.07, 6.45) is 2.87. The molecule has 0 fully saturated rings. The fourth-order valence-corrected chi connectivity index (χ4v) is 3.05. The second-order valence-electron chi connectivity index (χ2n) is 6.71. The molecule has 2 aromatic carbocycles. The second kappa shape index (κ2) is 8.52. The molecule has 3 rings (SSSR count). The molecule has 0 aliphatic carbocycles. The molecule has 1 heterocycles. The number of esters is 1. The van der Waals surface area contributed by atoms with Gasteiger partial charge in [0.15, 0.2) is 0 Å². The van der Waals surface area contributed by atoms with Crippen molar-refractivity contribution in [1.29, 1.82) is 0 Å². The van der Waals surface area contributed by atoms with E-state index in [2.05, 4.69) is 20.6 Å². The molecule has 0 aliphatic rings. The average molecular weight is 390 g/mol. The maximum Gasteiger partial charge on any atom is 0.337 e. The molecular formula is C22H22N4O3. The maximum absolute atomic E-state index is 12.5. The smallest absolute Gasteiger partial charge is 0.337 e. The van der Waals surface area contributed by atoms with E-state index < -0.39 is 5.97 Å². The Morgan fingerprint density at radius 1 is 0.966 bits per heavy atom. The molecule has 7 nitrogen and oxygen atoms in total. The lowest BCUT2D eigenvalue weighted by Crippen LogP contribution is -2.16. The van der Waals surface area contributed by atoms with Crippen LogP contribution in [0.2, 0.25) is 0 Å². The van der Waals surface area contributed by atoms with Gasteiger partial charge in [-0.2, -0.15) is 0 Å². The third-order valence-corrected chi connectivity index (χ3v) is 4.36. The minimum Gasteiger partial charge on any atom is -0.465 e. The number of aryl methyl sites for hydroxylation is 3. The normalized spacial score (nSPS) is 10.3. The van der Waals surface area contributed by atoms with Gasteiger partial charge in [-0.25, -0.2) is 14.8 Å². The highest BCUT2D eigenvalue weighted by molar-refractivity contribution is 6.03. The van der Waals surface area contributed by atoms with E-state index >= 15 is 0 Å². The molecule has 148 valence electrons. The Bertz CT molecular complexity index is 1040. The molecule has 2 N–H and O–H groups in total. The molecule has 0 spiro atoms. The number of nitrogens with zero attached hydrogens (tertiary/aromatic N) is 2. The zero-order valence-electron chi connectivity index (χ0n) is 16.7. The number of hydrogen-bond acceptors (Lipinski definition) is 6. The number of rotatable bonds is 5. The van der Waals surface area contributed by atoms with Crippen LogP contribution in [0.4, 0.5) is 17.2 Å². The number of nitrogens with one attached hydrogen (secondary N) is 2. The molecule has 0 atom stereocenters. The van der Waals surface area contributed by atoms with Crippen LogP contribution in [0.1, 0.15) is 37.5 Å². The number of methoxy groups -OCH3 is 1. The van der Waals surface area contributed by atoms with Gasteiger partial charge in [0.25, 0.3) is 5.91 Å². The first kappa shape index (κ1) is 20.0. The van der Waals surface area contributed by atoms with Gasteiger partial charge in [0.2, 0.25) is 0 Å². The number of ether oxygens (including phenoxy) is 1. The van der Waals surface area contributed by atoms with Gasteiger partial charge < -0.3 is 15.4 Å². The van der Waals surface area contributed by atoms with Gasteiger partial charge in [-0.05, 0) is 50.1 Å². The first-order valence-corrected chi connectivity index (χ1v) is 9.04. The van der Waals surface area contributed by atoms with Crippen LogP contribution in [-0.2, 0) is 4.74 Å². The number of hydrogen-bond donors (Lipinski definition) is 2. The van der Waals surface area contributed by atoms with Gasteiger partial charge in [-0.15, -0.1) is 0 Å². The third-order valence-electron chi connectivity index (χ3n) is 4.36. The summed E-state index contributed by atoms with van der Waals surface area (Å²) >= 11 is 0. The molecule has 1 amide bonds. The quantitative estimate of drug-likeness (QED) is 0.635. The number of anilines is 3. The summed E-state index contributed by atoms with van der Waals surface area (Å²) in [6, 6.07) is 10.9. The van der Waals surface area contributed by atoms with Crippen molar-refractivity contribution in [1.82, 2.24) is 9.97 Å². The summed E-state index contributed by atoms with van der Waals surface area (Å²) in [6.45, 7) is 5.93. The molecule has 29 heavy (non-hydrogen) atoms. The summed E-state index contributed by atoms with van der Waals surface area (Å²) in [4.78, 5) is 32.6. The van der Waals surface area contributed by atoms with E-state index in [9.17, 15) is 9.59 Å². The van der Waals surface area contributed by atoms with E-state index in [0.717, 1.165) is 22.4 Å². The molecule has 1 aromatic heterocycles. The van der Waals surface area contributed by atoms with Crippen molar-refractivity contribution in [2.75, 3.05) is 17.7 Å². The van der Waals surface area contributed by atoms with E-state index in [1.165, 1.54) is 19.5 Å². The van der Waals surface area contributed by atoms with Crippen molar-refractivity contribution in [3.8, 4) is 0 Å². The van der Waals surface area contributed by atoms with Crippen LogP contribution in [0.5, 0.6) is 0 Å². The predicted octanol–water partition coefficient (Wildman–Crippen LogP) is 4.18. The monoisotopic (exact) mass is 390 g/mol. The van der Waals surface area contributed by atoms with Gasteiger partial charge in [-0.3, -0.25) is 4.79 Å². The molecule has 7 heteroatoms. The van der Waals surface area contributed by atoms with Crippen LogP contribution < -0.4 is 10.6 Å². The van der Waals surface area contributed by atoms with Crippen molar-refractivity contribution in [3.63, 3.8) is 0 Å². The third kappa shape index (κ3) is 4.76. The molecular weight excluding hydrogens is 368 g/mol. The zero-order chi connectivity index (χ0) is 21.0. The molecule has 0 aliphatic heterocycles. The first-order valence-electron chi connectivity index (χ1n) is 9.04. The van der Waals surface area contributed by atoms with E-state index in [1.54, 1.807) is 24.3 Å². The lowest BCUT2D eigenvalue weighted by molar-refractivity contribution is 0.0600. The molecule has 0 radical (unpaired) electrons. The molecule has 0 saturated carbocycles. The van der Waals surface area contributed by atoms with Crippen LogP contribution in [0, 0.1) is 20.8 Å². The topological polar surface area (TPSA) is 93.2 Å². The van der Waals surface area contributed by atoms with Crippen LogP contribution in [0.15, 0.2) is 48.8 Å². The molecule has 0 unspecified atom stereocenters. The van der Waals surface area contributed by atoms with Gasteiger partial charge in [0.1, 0.15) is 11.5 Å². The summed E-state index contributed by atoms with van der Waals surface area (Å²) < 4.78 is 4.72. The van der Waals surface area contributed by atoms with Crippen LogP contribution in [-0.4, -0.2) is 29.0 Å². The summed E-state index contributed by atoms with van der Waals surface area (Å²) in [7, 11) is 1.33. The highest BCUT2D eigenvalue weighted by atomic mass is 16.5. The molecule has 0 bridgehead atoms. The van der Waals surface area contributed by atoms with Crippen LogP contribution in [0.25, 0.3) is 0 Å². The fourth-order valence-electron chi connectivity index (χ4n) is 3.05. The Morgan fingerprint density at radius 2 is 1.69 bits per heavy atom. The van der Waals surface area contributed by atoms with Crippen LogP contribution in [0.3, 0.4) is 0 Å². The number of aromatic nitrogens is 2. The minimum absolute atomic E-state index is 0.207. The van der Waals surface area contributed by atoms with Crippen molar-refractivity contribution in [2.45, 2.75) is 20.8 Å². The minimum atomic E-state index is -0.423. The highest BCUT2D eigenvalue weighted by Crippen LogP contribution is 2.22. The highest BCUT2D eigenvalue weighted by Gasteiger charge is 2.12. The van der Waals surface area contributed by atoms with E-state index in [0.29, 0.717) is 17.1 Å². The predicted molar refractivity (Wildman–Crippen MR) is 112 cm³/mol. The lowest BCUT2D eigenvalue weighted by atomic mass is 10.1. The number of carbonyl (C=O) groups is 2. The largest absolute Gasteiger partial charge is 0.465 e. The lowest BCUT2D eigenvalue weighted by Gasteiger charge is -2.12. The fraction of sp³-hybridized carbons (Fsp3) is 0.182. The number of amides is 1. The molecule has 3 aromatic rings. The standard InChI is InChI=1S/C22H22N4O3/c1-13-8-14(2)20(15(3)9-13)26-21(27)18-11-24-19(12-23-18)25-17-7-5-6-16(10-17)22(28)29-4/h5-12H,1-4H3,(H,24,25)(H,26,27). The maximum atomic E-state index is 12.5. The Hall–Kier alpha value is -3.74. The van der Waals surface area contributed by atoms with Gasteiger partial charge in [0, 0.05) is 11.4 Å². The summed E-state index contributed by atoms with van der Waals surface area (Å²) in [5.74, 6) is -0.300. The average Bonchev–Trinajstić information content (AvgIpc) is 2.70. The molecule has 0 saturated heterocycles.